The van der Waals surface area contributed by atoms with Crippen LogP contribution in [0.3, 0.4) is 0 Å². The summed E-state index contributed by atoms with van der Waals surface area (Å²) in [5.41, 5.74) is 1.37. The summed E-state index contributed by atoms with van der Waals surface area (Å²) in [4.78, 5) is 12.0. The van der Waals surface area contributed by atoms with Crippen LogP contribution in [0.15, 0.2) is 30.6 Å². The van der Waals surface area contributed by atoms with Gasteiger partial charge < -0.3 is 14.8 Å². The quantitative estimate of drug-likeness (QED) is 0.850. The van der Waals surface area contributed by atoms with Gasteiger partial charge in [0.25, 0.3) is 0 Å². The van der Waals surface area contributed by atoms with Crippen molar-refractivity contribution in [3.05, 3.63) is 36.2 Å². The van der Waals surface area contributed by atoms with Crippen LogP contribution in [-0.4, -0.2) is 28.9 Å². The van der Waals surface area contributed by atoms with Gasteiger partial charge in [0.2, 0.25) is 5.91 Å². The van der Waals surface area contributed by atoms with Crippen molar-refractivity contribution in [2.45, 2.75) is 27.0 Å². The van der Waals surface area contributed by atoms with Gasteiger partial charge in [-0.1, -0.05) is 0 Å². The van der Waals surface area contributed by atoms with Crippen molar-refractivity contribution in [1.29, 1.82) is 0 Å². The highest BCUT2D eigenvalue weighted by Gasteiger charge is 2.13. The second kappa shape index (κ2) is 7.57. The van der Waals surface area contributed by atoms with Crippen LogP contribution in [-0.2, 0) is 11.3 Å². The predicted molar refractivity (Wildman–Crippen MR) is 79.8 cm³/mol. The first-order valence-corrected chi connectivity index (χ1v) is 6.98. The number of amides is 1. The minimum absolute atomic E-state index is 0.0487. The normalized spacial score (nSPS) is 10.7. The lowest BCUT2D eigenvalue weighted by molar-refractivity contribution is -0.116. The number of carbonyl (C=O) groups excluding carboxylic acids is 1. The van der Waals surface area contributed by atoms with Gasteiger partial charge in [-0.15, -0.1) is 0 Å². The smallest absolute Gasteiger partial charge is 0.387 e. The summed E-state index contributed by atoms with van der Waals surface area (Å²) in [7, 11) is 0. The van der Waals surface area contributed by atoms with Crippen LogP contribution in [0.4, 0.5) is 14.5 Å². The maximum absolute atomic E-state index is 12.3. The highest BCUT2D eigenvalue weighted by molar-refractivity contribution is 5.90. The van der Waals surface area contributed by atoms with Crippen molar-refractivity contribution >= 4 is 11.6 Å². The summed E-state index contributed by atoms with van der Waals surface area (Å²) in [6, 6.07) is 4.23. The van der Waals surface area contributed by atoms with E-state index in [9.17, 15) is 13.6 Å². The molecule has 0 saturated carbocycles. The maximum atomic E-state index is 12.3. The molecule has 0 spiro atoms. The lowest BCUT2D eigenvalue weighted by atomic mass is 10.2. The third-order valence-electron chi connectivity index (χ3n) is 2.81. The number of benzene rings is 1. The zero-order valence-corrected chi connectivity index (χ0v) is 12.8. The Morgan fingerprint density at radius 1 is 1.39 bits per heavy atom. The molecule has 0 aliphatic rings. The van der Waals surface area contributed by atoms with Crippen LogP contribution >= 0.6 is 0 Å². The molecule has 0 bridgehead atoms. The van der Waals surface area contributed by atoms with E-state index in [1.165, 1.54) is 22.9 Å². The van der Waals surface area contributed by atoms with Crippen LogP contribution in [0.5, 0.6) is 11.5 Å². The van der Waals surface area contributed by atoms with Crippen LogP contribution in [0.25, 0.3) is 0 Å². The first-order chi connectivity index (χ1) is 11.0. The highest BCUT2D eigenvalue weighted by atomic mass is 19.3. The van der Waals surface area contributed by atoms with Crippen molar-refractivity contribution in [1.82, 2.24) is 9.78 Å². The molecule has 1 heterocycles. The van der Waals surface area contributed by atoms with Gasteiger partial charge in [0.05, 0.1) is 12.8 Å². The number of carbonyl (C=O) groups is 1. The number of alkyl halides is 2. The van der Waals surface area contributed by atoms with E-state index in [1.54, 1.807) is 19.3 Å². The number of halogens is 2. The zero-order valence-electron chi connectivity index (χ0n) is 12.8. The fourth-order valence-electron chi connectivity index (χ4n) is 1.95. The summed E-state index contributed by atoms with van der Waals surface area (Å²) in [5, 5.41) is 6.68. The van der Waals surface area contributed by atoms with Crippen molar-refractivity contribution in [3.63, 3.8) is 0 Å². The number of hydrogen-bond donors (Lipinski definition) is 1. The zero-order chi connectivity index (χ0) is 16.8. The van der Waals surface area contributed by atoms with Crippen molar-refractivity contribution in [2.75, 3.05) is 11.9 Å². The lowest BCUT2D eigenvalue weighted by Crippen LogP contribution is -2.19. The first-order valence-electron chi connectivity index (χ1n) is 6.98. The molecule has 0 atom stereocenters. The molecule has 2 rings (SSSR count). The number of aromatic nitrogens is 2. The van der Waals surface area contributed by atoms with Gasteiger partial charge in [0.15, 0.2) is 11.5 Å². The molecule has 1 aromatic carbocycles. The van der Waals surface area contributed by atoms with Crippen molar-refractivity contribution in [2.24, 2.45) is 0 Å². The minimum atomic E-state index is -2.95. The Morgan fingerprint density at radius 2 is 2.17 bits per heavy atom. The topological polar surface area (TPSA) is 65.4 Å². The van der Waals surface area contributed by atoms with Gasteiger partial charge in [0, 0.05) is 18.0 Å². The van der Waals surface area contributed by atoms with E-state index in [-0.39, 0.29) is 30.6 Å². The van der Waals surface area contributed by atoms with Gasteiger partial charge in [-0.05, 0) is 31.5 Å². The summed E-state index contributed by atoms with van der Waals surface area (Å²) < 4.78 is 35.8. The molecule has 124 valence electrons. The molecule has 8 heteroatoms. The number of hydrogen-bond acceptors (Lipinski definition) is 4. The Kier molecular flexibility index (Phi) is 5.51. The molecule has 2 aromatic rings. The standard InChI is InChI=1S/C15H17F2N3O3/c1-3-22-13-6-11(4-5-12(13)23-15(16)17)19-14(21)9-20-8-10(2)7-18-20/h4-8,15H,3,9H2,1-2H3,(H,19,21). The molecule has 23 heavy (non-hydrogen) atoms. The number of ether oxygens (including phenoxy) is 2. The fraction of sp³-hybridized carbons (Fsp3) is 0.333. The third-order valence-corrected chi connectivity index (χ3v) is 2.81. The Labute approximate surface area is 132 Å². The van der Waals surface area contributed by atoms with Gasteiger partial charge in [-0.2, -0.15) is 13.9 Å². The highest BCUT2D eigenvalue weighted by Crippen LogP contribution is 2.31. The molecule has 1 N–H and O–H groups in total. The van der Waals surface area contributed by atoms with E-state index in [0.717, 1.165) is 5.56 Å². The summed E-state index contributed by atoms with van der Waals surface area (Å²) in [6.45, 7) is 0.976. The molecule has 0 aliphatic heterocycles. The van der Waals surface area contributed by atoms with Crippen LogP contribution in [0.1, 0.15) is 12.5 Å². The van der Waals surface area contributed by atoms with E-state index < -0.39 is 6.61 Å². The van der Waals surface area contributed by atoms with Crippen LogP contribution < -0.4 is 14.8 Å². The van der Waals surface area contributed by atoms with Crippen molar-refractivity contribution in [3.8, 4) is 11.5 Å². The van der Waals surface area contributed by atoms with E-state index in [2.05, 4.69) is 15.2 Å². The lowest BCUT2D eigenvalue weighted by Gasteiger charge is -2.13. The molecule has 1 amide bonds. The van der Waals surface area contributed by atoms with Gasteiger partial charge in [0.1, 0.15) is 6.54 Å². The SMILES string of the molecule is CCOc1cc(NC(=O)Cn2cc(C)cn2)ccc1OC(F)F. The number of aryl methyl sites for hydroxylation is 1. The molecule has 0 radical (unpaired) electrons. The molecule has 1 aromatic heterocycles. The Hall–Kier alpha value is -2.64. The number of rotatable bonds is 7. The minimum Gasteiger partial charge on any atom is -0.490 e. The van der Waals surface area contributed by atoms with Gasteiger partial charge >= 0.3 is 6.61 Å². The van der Waals surface area contributed by atoms with E-state index in [1.807, 2.05) is 6.92 Å². The molecular weight excluding hydrogens is 308 g/mol. The molecular formula is C15H17F2N3O3. The van der Waals surface area contributed by atoms with E-state index in [0.29, 0.717) is 5.69 Å². The third kappa shape index (κ3) is 4.94. The molecule has 0 aliphatic carbocycles. The summed E-state index contributed by atoms with van der Waals surface area (Å²) in [5.74, 6) is -0.235. The Balaban J connectivity index is 2.06. The molecule has 0 unspecified atom stereocenters. The maximum Gasteiger partial charge on any atom is 0.387 e. The van der Waals surface area contributed by atoms with Gasteiger partial charge in [-0.3, -0.25) is 9.48 Å². The number of nitrogens with zero attached hydrogens (tertiary/aromatic N) is 2. The molecule has 6 nitrogen and oxygen atoms in total. The predicted octanol–water partition coefficient (Wildman–Crippen LogP) is 2.83. The average Bonchev–Trinajstić information content (AvgIpc) is 2.86. The summed E-state index contributed by atoms with van der Waals surface area (Å²) in [6.07, 6.45) is 3.39. The van der Waals surface area contributed by atoms with Crippen LogP contribution in [0, 0.1) is 6.92 Å². The Bertz CT molecular complexity index is 674. The number of nitrogens with one attached hydrogen (secondary N) is 1. The second-order valence-corrected chi connectivity index (χ2v) is 4.74. The fourth-order valence-corrected chi connectivity index (χ4v) is 1.95. The average molecular weight is 325 g/mol. The van der Waals surface area contributed by atoms with Crippen molar-refractivity contribution < 1.29 is 23.0 Å². The second-order valence-electron chi connectivity index (χ2n) is 4.74. The van der Waals surface area contributed by atoms with E-state index >= 15 is 0 Å². The number of anilines is 1. The Morgan fingerprint density at radius 3 is 2.78 bits per heavy atom. The summed E-state index contributed by atoms with van der Waals surface area (Å²) >= 11 is 0. The van der Waals surface area contributed by atoms with E-state index in [4.69, 9.17) is 4.74 Å². The van der Waals surface area contributed by atoms with Crippen LogP contribution in [0.2, 0.25) is 0 Å². The molecule has 0 fully saturated rings. The first kappa shape index (κ1) is 16.7. The monoisotopic (exact) mass is 325 g/mol. The largest absolute Gasteiger partial charge is 0.490 e. The molecule has 0 saturated heterocycles. The van der Waals surface area contributed by atoms with Gasteiger partial charge in [-0.25, -0.2) is 0 Å².